The molecule has 0 aliphatic carbocycles. The fourth-order valence-electron chi connectivity index (χ4n) is 1.95. The summed E-state index contributed by atoms with van der Waals surface area (Å²) in [4.78, 5) is 21.9. The van der Waals surface area contributed by atoms with Gasteiger partial charge in [-0.3, -0.25) is 14.9 Å². The molecule has 1 heterocycles. The van der Waals surface area contributed by atoms with Crippen molar-refractivity contribution in [1.29, 1.82) is 0 Å². The van der Waals surface area contributed by atoms with E-state index in [1.807, 2.05) is 13.0 Å². The molecule has 1 unspecified atom stereocenters. The molecule has 0 bridgehead atoms. The summed E-state index contributed by atoms with van der Waals surface area (Å²) in [5, 5.41) is 13.4. The van der Waals surface area contributed by atoms with Gasteiger partial charge < -0.3 is 9.73 Å². The van der Waals surface area contributed by atoms with Gasteiger partial charge in [-0.2, -0.15) is 0 Å². The van der Waals surface area contributed by atoms with E-state index in [9.17, 15) is 14.9 Å². The number of rotatable bonds is 6. The Morgan fingerprint density at radius 1 is 1.36 bits per heavy atom. The minimum Gasteiger partial charge on any atom is -0.469 e. The molecule has 6 nitrogen and oxygen atoms in total. The van der Waals surface area contributed by atoms with E-state index < -0.39 is 4.92 Å². The largest absolute Gasteiger partial charge is 0.469 e. The molecule has 0 saturated heterocycles. The highest BCUT2D eigenvalue weighted by atomic mass is 16.6. The van der Waals surface area contributed by atoms with Crippen LogP contribution in [0.5, 0.6) is 0 Å². The van der Waals surface area contributed by atoms with Gasteiger partial charge in [-0.05, 0) is 42.8 Å². The van der Waals surface area contributed by atoms with Gasteiger partial charge in [-0.1, -0.05) is 0 Å². The maximum absolute atomic E-state index is 11.8. The second kappa shape index (κ2) is 7.21. The van der Waals surface area contributed by atoms with Crippen molar-refractivity contribution in [2.45, 2.75) is 19.4 Å². The van der Waals surface area contributed by atoms with Crippen molar-refractivity contribution < 1.29 is 14.1 Å². The molecule has 0 aliphatic heterocycles. The van der Waals surface area contributed by atoms with E-state index in [1.165, 1.54) is 18.2 Å². The number of hydrogen-bond acceptors (Lipinski definition) is 4. The van der Waals surface area contributed by atoms with E-state index in [0.717, 1.165) is 11.3 Å². The minimum absolute atomic E-state index is 0.0219. The van der Waals surface area contributed by atoms with Crippen LogP contribution >= 0.6 is 0 Å². The van der Waals surface area contributed by atoms with Gasteiger partial charge in [-0.25, -0.2) is 0 Å². The van der Waals surface area contributed by atoms with Gasteiger partial charge in [0.05, 0.1) is 11.2 Å². The Balaban J connectivity index is 1.86. The van der Waals surface area contributed by atoms with Gasteiger partial charge in [0.15, 0.2) is 0 Å². The lowest BCUT2D eigenvalue weighted by Crippen LogP contribution is -2.32. The Morgan fingerprint density at radius 2 is 2.09 bits per heavy atom. The molecule has 0 radical (unpaired) electrons. The van der Waals surface area contributed by atoms with Crippen molar-refractivity contribution >= 4 is 17.7 Å². The van der Waals surface area contributed by atoms with Crippen LogP contribution in [-0.4, -0.2) is 16.9 Å². The van der Waals surface area contributed by atoms with E-state index >= 15 is 0 Å². The number of non-ortho nitro benzene ring substituents is 1. The van der Waals surface area contributed by atoms with Crippen LogP contribution in [0.4, 0.5) is 5.69 Å². The maximum Gasteiger partial charge on any atom is 0.269 e. The van der Waals surface area contributed by atoms with Gasteiger partial charge in [0.1, 0.15) is 5.76 Å². The first-order valence-corrected chi connectivity index (χ1v) is 6.80. The van der Waals surface area contributed by atoms with Crippen LogP contribution in [0.1, 0.15) is 18.2 Å². The molecule has 0 aliphatic rings. The molecule has 0 spiro atoms. The van der Waals surface area contributed by atoms with Gasteiger partial charge >= 0.3 is 0 Å². The van der Waals surface area contributed by atoms with Gasteiger partial charge in [0.2, 0.25) is 5.91 Å². The van der Waals surface area contributed by atoms with E-state index in [2.05, 4.69) is 5.32 Å². The number of benzene rings is 1. The number of carbonyl (C=O) groups excluding carboxylic acids is 1. The zero-order valence-corrected chi connectivity index (χ0v) is 12.1. The van der Waals surface area contributed by atoms with E-state index in [-0.39, 0.29) is 17.6 Å². The maximum atomic E-state index is 11.8. The van der Waals surface area contributed by atoms with Crippen LogP contribution in [0.15, 0.2) is 53.2 Å². The number of nitrogens with zero attached hydrogens (tertiary/aromatic N) is 1. The molecule has 22 heavy (non-hydrogen) atoms. The molecule has 1 atom stereocenters. The Bertz CT molecular complexity index is 660. The number of amides is 1. The average molecular weight is 300 g/mol. The first-order valence-electron chi connectivity index (χ1n) is 6.80. The highest BCUT2D eigenvalue weighted by Gasteiger charge is 2.07. The summed E-state index contributed by atoms with van der Waals surface area (Å²) in [5.74, 6) is 0.588. The van der Waals surface area contributed by atoms with Crippen LogP contribution in [0.25, 0.3) is 6.08 Å². The first kappa shape index (κ1) is 15.5. The molecule has 6 heteroatoms. The summed E-state index contributed by atoms with van der Waals surface area (Å²) in [6.07, 6.45) is 5.22. The number of furan rings is 1. The second-order valence-corrected chi connectivity index (χ2v) is 4.88. The van der Waals surface area contributed by atoms with Gasteiger partial charge in [-0.15, -0.1) is 0 Å². The topological polar surface area (TPSA) is 85.4 Å². The fraction of sp³-hybridized carbons (Fsp3) is 0.188. The Kier molecular flexibility index (Phi) is 5.08. The lowest BCUT2D eigenvalue weighted by Gasteiger charge is -2.10. The molecule has 1 amide bonds. The van der Waals surface area contributed by atoms with Crippen LogP contribution in [0.3, 0.4) is 0 Å². The quantitative estimate of drug-likeness (QED) is 0.505. The molecule has 1 aromatic heterocycles. The summed E-state index contributed by atoms with van der Waals surface area (Å²) >= 11 is 0. The molecule has 1 aromatic carbocycles. The van der Waals surface area contributed by atoms with E-state index in [4.69, 9.17) is 4.42 Å². The number of nitro groups is 1. The average Bonchev–Trinajstić information content (AvgIpc) is 2.98. The zero-order valence-electron chi connectivity index (χ0n) is 12.1. The zero-order chi connectivity index (χ0) is 15.9. The van der Waals surface area contributed by atoms with Crippen molar-refractivity contribution in [3.63, 3.8) is 0 Å². The summed E-state index contributed by atoms with van der Waals surface area (Å²) in [5.41, 5.74) is 0.744. The Hall–Kier alpha value is -2.89. The second-order valence-electron chi connectivity index (χ2n) is 4.88. The van der Waals surface area contributed by atoms with Crippen molar-refractivity contribution in [3.8, 4) is 0 Å². The monoisotopic (exact) mass is 300 g/mol. The van der Waals surface area contributed by atoms with Crippen molar-refractivity contribution in [3.05, 3.63) is 70.2 Å². The smallest absolute Gasteiger partial charge is 0.269 e. The molecular weight excluding hydrogens is 284 g/mol. The Labute approximate surface area is 127 Å². The molecule has 0 saturated carbocycles. The number of nitro benzene ring substituents is 1. The lowest BCUT2D eigenvalue weighted by molar-refractivity contribution is -0.384. The molecular formula is C16H16N2O4. The van der Waals surface area contributed by atoms with Crippen molar-refractivity contribution in [2.24, 2.45) is 0 Å². The molecule has 2 rings (SSSR count). The third kappa shape index (κ3) is 4.59. The standard InChI is InChI=1S/C16H16N2O4/c1-12(11-15-3-2-10-22-15)17-16(19)9-6-13-4-7-14(8-5-13)18(20)21/h2-10,12H,11H2,1H3,(H,17,19)/b9-6+. The predicted octanol–water partition coefficient (Wildman–Crippen LogP) is 2.95. The highest BCUT2D eigenvalue weighted by Crippen LogP contribution is 2.12. The molecule has 114 valence electrons. The third-order valence-electron chi connectivity index (χ3n) is 3.01. The minimum atomic E-state index is -0.462. The highest BCUT2D eigenvalue weighted by molar-refractivity contribution is 5.91. The SMILES string of the molecule is CC(Cc1ccco1)NC(=O)/C=C/c1ccc([N+](=O)[O-])cc1. The summed E-state index contributed by atoms with van der Waals surface area (Å²) in [6.45, 7) is 1.89. The first-order chi connectivity index (χ1) is 10.5. The summed E-state index contributed by atoms with van der Waals surface area (Å²) < 4.78 is 5.22. The molecule has 0 fully saturated rings. The third-order valence-corrected chi connectivity index (χ3v) is 3.01. The predicted molar refractivity (Wildman–Crippen MR) is 82.1 cm³/mol. The molecule has 2 aromatic rings. The van der Waals surface area contributed by atoms with Gasteiger partial charge in [0, 0.05) is 30.7 Å². The number of nitrogens with one attached hydrogen (secondary N) is 1. The molecule has 1 N–H and O–H groups in total. The normalized spacial score (nSPS) is 12.2. The van der Waals surface area contributed by atoms with Crippen LogP contribution in [0.2, 0.25) is 0 Å². The Morgan fingerprint density at radius 3 is 2.68 bits per heavy atom. The lowest BCUT2D eigenvalue weighted by atomic mass is 10.2. The van der Waals surface area contributed by atoms with Crippen LogP contribution in [-0.2, 0) is 11.2 Å². The summed E-state index contributed by atoms with van der Waals surface area (Å²) in [6, 6.07) is 9.59. The van der Waals surface area contributed by atoms with Crippen LogP contribution in [0, 0.1) is 10.1 Å². The van der Waals surface area contributed by atoms with Crippen LogP contribution < -0.4 is 5.32 Å². The fourth-order valence-corrected chi connectivity index (χ4v) is 1.95. The van der Waals surface area contributed by atoms with Crippen molar-refractivity contribution in [2.75, 3.05) is 0 Å². The summed E-state index contributed by atoms with van der Waals surface area (Å²) in [7, 11) is 0. The van der Waals surface area contributed by atoms with E-state index in [1.54, 1.807) is 30.5 Å². The van der Waals surface area contributed by atoms with Gasteiger partial charge in [0.25, 0.3) is 5.69 Å². The number of carbonyl (C=O) groups is 1. The number of hydrogen-bond donors (Lipinski definition) is 1. The van der Waals surface area contributed by atoms with E-state index in [0.29, 0.717) is 6.42 Å². The van der Waals surface area contributed by atoms with Crippen molar-refractivity contribution in [1.82, 2.24) is 5.32 Å².